The van der Waals surface area contributed by atoms with Crippen LogP contribution in [0.15, 0.2) is 48.8 Å². The van der Waals surface area contributed by atoms with Gasteiger partial charge in [-0.15, -0.1) is 0 Å². The Balaban J connectivity index is 1.90. The second kappa shape index (κ2) is 7.40. The van der Waals surface area contributed by atoms with Gasteiger partial charge < -0.3 is 15.8 Å². The Morgan fingerprint density at radius 1 is 1.09 bits per heavy atom. The van der Waals surface area contributed by atoms with E-state index in [9.17, 15) is 14.8 Å². The minimum atomic E-state index is -0.247. The highest BCUT2D eigenvalue weighted by atomic mass is 16.5. The highest BCUT2D eigenvalue weighted by Gasteiger charge is 2.08. The Kier molecular flexibility index (Phi) is 5.30. The fourth-order valence-corrected chi connectivity index (χ4v) is 1.84. The van der Waals surface area contributed by atoms with Gasteiger partial charge in [0.25, 0.3) is 5.91 Å². The molecule has 0 atom stereocenters. The van der Waals surface area contributed by atoms with Crippen molar-refractivity contribution < 1.29 is 14.3 Å². The molecule has 2 N–H and O–H groups in total. The molecule has 0 saturated heterocycles. The van der Waals surface area contributed by atoms with Crippen LogP contribution in [-0.4, -0.2) is 11.8 Å². The lowest BCUT2D eigenvalue weighted by Gasteiger charge is -2.09. The summed E-state index contributed by atoms with van der Waals surface area (Å²) in [5, 5.41) is 16.5. The number of hydrogen-bond acceptors (Lipinski definition) is 3. The molecule has 6 heteroatoms. The normalized spacial score (nSPS) is 10.4. The molecular formula is C17H19N3O3. The van der Waals surface area contributed by atoms with E-state index in [0.717, 1.165) is 11.3 Å². The minimum Gasteiger partial charge on any atom is -0.619 e. The first-order chi connectivity index (χ1) is 11.0. The van der Waals surface area contributed by atoms with Crippen LogP contribution >= 0.6 is 0 Å². The molecule has 0 radical (unpaired) electrons. The monoisotopic (exact) mass is 313 g/mol. The first kappa shape index (κ1) is 16.5. The zero-order valence-electron chi connectivity index (χ0n) is 13.1. The van der Waals surface area contributed by atoms with Gasteiger partial charge in [0, 0.05) is 30.3 Å². The molecule has 0 unspecified atom stereocenters. The lowest BCUT2D eigenvalue weighted by molar-refractivity contribution is -0.605. The molecule has 23 heavy (non-hydrogen) atoms. The van der Waals surface area contributed by atoms with Crippen LogP contribution in [0.5, 0.6) is 0 Å². The standard InChI is InChI=1S/C17H19N3O3/c1-12(2)16(21)19-15-5-3-13(4-6-15)11-18-17(22)14-7-9-20(23)10-8-14/h3-10,12H,11H2,1-2H3,(H,18,22)(H,19,21). The summed E-state index contributed by atoms with van der Waals surface area (Å²) in [5.41, 5.74) is 2.07. The molecule has 0 fully saturated rings. The second-order valence-corrected chi connectivity index (χ2v) is 5.47. The number of amides is 2. The van der Waals surface area contributed by atoms with Gasteiger partial charge in [0.15, 0.2) is 12.4 Å². The van der Waals surface area contributed by atoms with E-state index in [1.54, 1.807) is 12.1 Å². The molecule has 1 heterocycles. The van der Waals surface area contributed by atoms with Crippen molar-refractivity contribution in [3.8, 4) is 0 Å². The van der Waals surface area contributed by atoms with E-state index in [4.69, 9.17) is 0 Å². The Hall–Kier alpha value is -2.89. The first-order valence-electron chi connectivity index (χ1n) is 7.32. The molecule has 2 aromatic rings. The third kappa shape index (κ3) is 4.81. The lowest BCUT2D eigenvalue weighted by Crippen LogP contribution is -2.27. The van der Waals surface area contributed by atoms with Gasteiger partial charge in [0.1, 0.15) is 0 Å². The van der Waals surface area contributed by atoms with Crippen molar-refractivity contribution in [2.45, 2.75) is 20.4 Å². The van der Waals surface area contributed by atoms with Crippen molar-refractivity contribution in [3.63, 3.8) is 0 Å². The molecule has 6 nitrogen and oxygen atoms in total. The summed E-state index contributed by atoms with van der Waals surface area (Å²) in [7, 11) is 0. The largest absolute Gasteiger partial charge is 0.619 e. The summed E-state index contributed by atoms with van der Waals surface area (Å²) < 4.78 is 0.626. The Morgan fingerprint density at radius 2 is 1.70 bits per heavy atom. The maximum Gasteiger partial charge on any atom is 0.252 e. The van der Waals surface area contributed by atoms with E-state index < -0.39 is 0 Å². The fraction of sp³-hybridized carbons (Fsp3) is 0.235. The zero-order chi connectivity index (χ0) is 16.8. The quantitative estimate of drug-likeness (QED) is 0.652. The number of hydrogen-bond donors (Lipinski definition) is 2. The molecule has 0 aliphatic carbocycles. The summed E-state index contributed by atoms with van der Waals surface area (Å²) in [4.78, 5) is 23.5. The van der Waals surface area contributed by atoms with Gasteiger partial charge in [-0.3, -0.25) is 9.59 Å². The summed E-state index contributed by atoms with van der Waals surface area (Å²) in [6, 6.07) is 10.2. The van der Waals surface area contributed by atoms with Crippen molar-refractivity contribution in [2.75, 3.05) is 5.32 Å². The van der Waals surface area contributed by atoms with Crippen molar-refractivity contribution >= 4 is 17.5 Å². The van der Waals surface area contributed by atoms with E-state index >= 15 is 0 Å². The molecule has 0 aliphatic heterocycles. The number of carbonyl (C=O) groups is 2. The van der Waals surface area contributed by atoms with E-state index in [0.29, 0.717) is 16.8 Å². The number of nitrogens with zero attached hydrogens (tertiary/aromatic N) is 1. The molecule has 120 valence electrons. The number of aromatic nitrogens is 1. The predicted octanol–water partition coefficient (Wildman–Crippen LogP) is 1.84. The summed E-state index contributed by atoms with van der Waals surface area (Å²) in [5.74, 6) is -0.360. The molecule has 2 amide bonds. The first-order valence-corrected chi connectivity index (χ1v) is 7.32. The maximum atomic E-state index is 11.9. The van der Waals surface area contributed by atoms with E-state index in [-0.39, 0.29) is 17.7 Å². The molecular weight excluding hydrogens is 294 g/mol. The Morgan fingerprint density at radius 3 is 2.26 bits per heavy atom. The molecule has 0 saturated carbocycles. The number of pyridine rings is 1. The second-order valence-electron chi connectivity index (χ2n) is 5.47. The highest BCUT2D eigenvalue weighted by molar-refractivity contribution is 5.94. The summed E-state index contributed by atoms with van der Waals surface area (Å²) in [6.45, 7) is 4.03. The van der Waals surface area contributed by atoms with Crippen molar-refractivity contribution in [3.05, 3.63) is 65.1 Å². The summed E-state index contributed by atoms with van der Waals surface area (Å²) >= 11 is 0. The fourth-order valence-electron chi connectivity index (χ4n) is 1.84. The molecule has 2 rings (SSSR count). The van der Waals surface area contributed by atoms with Crippen LogP contribution in [0.2, 0.25) is 0 Å². The molecule has 0 spiro atoms. The van der Waals surface area contributed by atoms with Gasteiger partial charge in [0.05, 0.1) is 5.56 Å². The third-order valence-electron chi connectivity index (χ3n) is 3.26. The van der Waals surface area contributed by atoms with Gasteiger partial charge in [-0.1, -0.05) is 26.0 Å². The lowest BCUT2D eigenvalue weighted by atomic mass is 10.1. The molecule has 0 bridgehead atoms. The van der Waals surface area contributed by atoms with Gasteiger partial charge in [-0.2, -0.15) is 4.73 Å². The number of anilines is 1. The number of rotatable bonds is 5. The van der Waals surface area contributed by atoms with Gasteiger partial charge in [0.2, 0.25) is 5.91 Å². The van der Waals surface area contributed by atoms with Gasteiger partial charge >= 0.3 is 0 Å². The average molecular weight is 313 g/mol. The van der Waals surface area contributed by atoms with Crippen LogP contribution in [0.25, 0.3) is 0 Å². The van der Waals surface area contributed by atoms with Crippen LogP contribution in [0.1, 0.15) is 29.8 Å². The van der Waals surface area contributed by atoms with Crippen LogP contribution in [0.4, 0.5) is 5.69 Å². The van der Waals surface area contributed by atoms with E-state index in [1.807, 2.05) is 26.0 Å². The highest BCUT2D eigenvalue weighted by Crippen LogP contribution is 2.11. The number of carbonyl (C=O) groups excluding carboxylic acids is 2. The number of nitrogens with one attached hydrogen (secondary N) is 2. The Labute approximate surface area is 134 Å². The SMILES string of the molecule is CC(C)C(=O)Nc1ccc(CNC(=O)c2cc[n+]([O-])cc2)cc1. The van der Waals surface area contributed by atoms with Crippen LogP contribution in [0, 0.1) is 11.1 Å². The average Bonchev–Trinajstić information content (AvgIpc) is 2.54. The predicted molar refractivity (Wildman–Crippen MR) is 86.5 cm³/mol. The number of benzene rings is 1. The molecule has 0 aliphatic rings. The summed E-state index contributed by atoms with van der Waals surface area (Å²) in [6.07, 6.45) is 2.56. The van der Waals surface area contributed by atoms with Crippen LogP contribution in [0.3, 0.4) is 0 Å². The zero-order valence-corrected chi connectivity index (χ0v) is 13.1. The van der Waals surface area contributed by atoms with E-state index in [1.165, 1.54) is 24.5 Å². The van der Waals surface area contributed by atoms with Crippen molar-refractivity contribution in [1.29, 1.82) is 0 Å². The topological polar surface area (TPSA) is 85.1 Å². The van der Waals surface area contributed by atoms with Crippen LogP contribution in [-0.2, 0) is 11.3 Å². The molecule has 1 aromatic carbocycles. The van der Waals surface area contributed by atoms with Gasteiger partial charge in [-0.05, 0) is 17.7 Å². The van der Waals surface area contributed by atoms with Gasteiger partial charge in [-0.25, -0.2) is 0 Å². The smallest absolute Gasteiger partial charge is 0.252 e. The Bertz CT molecular complexity index is 679. The van der Waals surface area contributed by atoms with Crippen molar-refractivity contribution in [1.82, 2.24) is 5.32 Å². The molecule has 1 aromatic heterocycles. The minimum absolute atomic E-state index is 0.0363. The maximum absolute atomic E-state index is 11.9. The third-order valence-corrected chi connectivity index (χ3v) is 3.26. The van der Waals surface area contributed by atoms with E-state index in [2.05, 4.69) is 10.6 Å². The van der Waals surface area contributed by atoms with Crippen molar-refractivity contribution in [2.24, 2.45) is 5.92 Å². The van der Waals surface area contributed by atoms with Crippen LogP contribution < -0.4 is 15.4 Å².